The molecule has 3 rings (SSSR count). The summed E-state index contributed by atoms with van der Waals surface area (Å²) in [6.45, 7) is 5.28. The minimum Gasteiger partial charge on any atom is -0.477 e. The highest BCUT2D eigenvalue weighted by molar-refractivity contribution is 8.00. The lowest BCUT2D eigenvalue weighted by Crippen LogP contribution is -2.71. The molecule has 10 nitrogen and oxygen atoms in total. The molecule has 0 bridgehead atoms. The van der Waals surface area contributed by atoms with Crippen molar-refractivity contribution in [3.05, 3.63) is 34.5 Å². The molecule has 1 aromatic heterocycles. The fraction of sp³-hybridized carbons (Fsp3) is 0.389. The number of carboxylic acid groups (broad SMARTS) is 1. The van der Waals surface area contributed by atoms with E-state index in [0.29, 0.717) is 11.3 Å². The fourth-order valence-corrected chi connectivity index (χ4v) is 4.81. The number of hydrogen-bond donors (Lipinski definition) is 3. The SMILES string of the molecule is CC=CC1=C(C(=O)O)N2C(=O)[C@@H](NC(=O)C(=NOC(C)C)c3csc(N)n3)[C@@H]2SC1. The van der Waals surface area contributed by atoms with E-state index in [1.165, 1.54) is 16.7 Å². The normalized spacial score (nSPS) is 21.7. The molecule has 0 aromatic carbocycles. The number of oxime groups is 1. The molecule has 1 saturated heterocycles. The molecule has 2 atom stereocenters. The van der Waals surface area contributed by atoms with E-state index in [2.05, 4.69) is 15.5 Å². The number of carbonyl (C=O) groups excluding carboxylic acids is 2. The number of hydrogen-bond acceptors (Lipinski definition) is 9. The summed E-state index contributed by atoms with van der Waals surface area (Å²) in [5.41, 5.74) is 6.27. The maximum atomic E-state index is 12.9. The fourth-order valence-electron chi connectivity index (χ4n) is 2.94. The molecular formula is C18H21N5O5S2. The van der Waals surface area contributed by atoms with Crippen molar-refractivity contribution in [3.8, 4) is 0 Å². The van der Waals surface area contributed by atoms with Crippen LogP contribution in [0.1, 0.15) is 26.5 Å². The first-order valence-corrected chi connectivity index (χ1v) is 11.0. The number of aliphatic carboxylic acids is 1. The lowest BCUT2D eigenvalue weighted by atomic mass is 10.0. The van der Waals surface area contributed by atoms with Crippen molar-refractivity contribution in [1.29, 1.82) is 0 Å². The number of nitrogens with zero attached hydrogens (tertiary/aromatic N) is 3. The molecule has 1 aromatic rings. The van der Waals surface area contributed by atoms with E-state index in [1.54, 1.807) is 38.3 Å². The van der Waals surface area contributed by atoms with Crippen LogP contribution in [0.5, 0.6) is 0 Å². The van der Waals surface area contributed by atoms with Gasteiger partial charge >= 0.3 is 5.97 Å². The number of carboxylic acids is 1. The Labute approximate surface area is 180 Å². The number of rotatable bonds is 7. The van der Waals surface area contributed by atoms with Gasteiger partial charge in [0.1, 0.15) is 28.9 Å². The standard InChI is InChI=1S/C18H21N5O5S2/c1-4-5-9-6-29-16-12(15(25)23(16)13(9)17(26)27)21-14(24)11(22-28-8(2)3)10-7-30-18(19)20-10/h4-5,7-8,12,16H,6H2,1-3H3,(H2,19,20)(H,21,24)(H,26,27)/t12-,16+/m1/s1. The third-order valence-corrected chi connectivity index (χ3v) is 6.17. The second kappa shape index (κ2) is 8.88. The zero-order valence-electron chi connectivity index (χ0n) is 16.5. The van der Waals surface area contributed by atoms with Crippen LogP contribution in [-0.2, 0) is 19.2 Å². The smallest absolute Gasteiger partial charge is 0.352 e. The minimum absolute atomic E-state index is 0.0587. The molecule has 0 spiro atoms. The third kappa shape index (κ3) is 4.19. The number of aromatic nitrogens is 1. The van der Waals surface area contributed by atoms with Crippen LogP contribution in [0.2, 0.25) is 0 Å². The molecule has 0 aliphatic carbocycles. The van der Waals surface area contributed by atoms with Crippen molar-refractivity contribution >= 4 is 51.7 Å². The predicted molar refractivity (Wildman–Crippen MR) is 114 cm³/mol. The molecule has 1 fully saturated rings. The first-order chi connectivity index (χ1) is 14.2. The van der Waals surface area contributed by atoms with Crippen LogP contribution in [0.15, 0.2) is 34.0 Å². The van der Waals surface area contributed by atoms with Crippen LogP contribution < -0.4 is 11.1 Å². The number of nitrogens with two attached hydrogens (primary N) is 1. The van der Waals surface area contributed by atoms with Crippen LogP contribution in [0.3, 0.4) is 0 Å². The summed E-state index contributed by atoms with van der Waals surface area (Å²) in [5, 5.41) is 17.4. The van der Waals surface area contributed by atoms with Gasteiger partial charge in [-0.2, -0.15) is 0 Å². The van der Waals surface area contributed by atoms with E-state index >= 15 is 0 Å². The summed E-state index contributed by atoms with van der Waals surface area (Å²) < 4.78 is 0. The first kappa shape index (κ1) is 21.8. The molecule has 30 heavy (non-hydrogen) atoms. The monoisotopic (exact) mass is 451 g/mol. The van der Waals surface area contributed by atoms with Crippen LogP contribution in [0.4, 0.5) is 5.13 Å². The number of thioether (sulfide) groups is 1. The van der Waals surface area contributed by atoms with E-state index in [4.69, 9.17) is 10.6 Å². The van der Waals surface area contributed by atoms with E-state index < -0.39 is 29.2 Å². The Morgan fingerprint density at radius 3 is 2.80 bits per heavy atom. The van der Waals surface area contributed by atoms with Crippen molar-refractivity contribution in [2.45, 2.75) is 38.3 Å². The maximum Gasteiger partial charge on any atom is 0.352 e. The van der Waals surface area contributed by atoms with Crippen molar-refractivity contribution in [2.24, 2.45) is 5.16 Å². The van der Waals surface area contributed by atoms with Gasteiger partial charge < -0.3 is 21.0 Å². The summed E-state index contributed by atoms with van der Waals surface area (Å²) in [7, 11) is 0. The molecule has 0 radical (unpaired) electrons. The van der Waals surface area contributed by atoms with Crippen molar-refractivity contribution < 1.29 is 24.3 Å². The second-order valence-electron chi connectivity index (χ2n) is 6.70. The highest BCUT2D eigenvalue weighted by Crippen LogP contribution is 2.40. The Morgan fingerprint density at radius 2 is 2.23 bits per heavy atom. The van der Waals surface area contributed by atoms with Gasteiger partial charge in [-0.15, -0.1) is 23.1 Å². The zero-order valence-corrected chi connectivity index (χ0v) is 18.1. The number of β-lactam (4-membered cyclic amide) rings is 1. The molecule has 0 unspecified atom stereocenters. The van der Waals surface area contributed by atoms with Gasteiger partial charge in [0.25, 0.3) is 11.8 Å². The van der Waals surface area contributed by atoms with Gasteiger partial charge in [-0.3, -0.25) is 14.5 Å². The van der Waals surface area contributed by atoms with Gasteiger partial charge in [-0.25, -0.2) is 9.78 Å². The number of amides is 2. The number of nitrogens with one attached hydrogen (secondary N) is 1. The quantitative estimate of drug-likeness (QED) is 0.318. The number of anilines is 1. The van der Waals surface area contributed by atoms with Gasteiger partial charge in [0.15, 0.2) is 10.8 Å². The van der Waals surface area contributed by atoms with Gasteiger partial charge in [-0.1, -0.05) is 17.3 Å². The van der Waals surface area contributed by atoms with Gasteiger partial charge in [0.2, 0.25) is 0 Å². The van der Waals surface area contributed by atoms with E-state index in [-0.39, 0.29) is 28.3 Å². The minimum atomic E-state index is -1.18. The average molecular weight is 452 g/mol. The summed E-state index contributed by atoms with van der Waals surface area (Å²) in [4.78, 5) is 47.7. The van der Waals surface area contributed by atoms with Gasteiger partial charge in [0.05, 0.1) is 0 Å². The summed E-state index contributed by atoms with van der Waals surface area (Å²) in [6, 6.07) is -0.885. The number of carbonyl (C=O) groups is 3. The van der Waals surface area contributed by atoms with E-state index in [0.717, 1.165) is 11.3 Å². The van der Waals surface area contributed by atoms with Crippen LogP contribution in [0.25, 0.3) is 0 Å². The lowest BCUT2D eigenvalue weighted by molar-refractivity contribution is -0.150. The predicted octanol–water partition coefficient (Wildman–Crippen LogP) is 1.17. The van der Waals surface area contributed by atoms with Crippen molar-refractivity contribution in [3.63, 3.8) is 0 Å². The number of thiazole rings is 1. The number of fused-ring (bicyclic) bond motifs is 1. The van der Waals surface area contributed by atoms with E-state index in [1.807, 2.05) is 0 Å². The topological polar surface area (TPSA) is 147 Å². The first-order valence-electron chi connectivity index (χ1n) is 9.04. The van der Waals surface area contributed by atoms with Crippen LogP contribution >= 0.6 is 23.1 Å². The molecule has 0 saturated carbocycles. The van der Waals surface area contributed by atoms with Crippen molar-refractivity contribution in [2.75, 3.05) is 11.5 Å². The molecule has 2 aliphatic rings. The maximum absolute atomic E-state index is 12.9. The molecule has 2 aliphatic heterocycles. The molecule has 160 valence electrons. The van der Waals surface area contributed by atoms with Gasteiger partial charge in [-0.05, 0) is 26.3 Å². The van der Waals surface area contributed by atoms with Crippen LogP contribution in [-0.4, -0.2) is 61.8 Å². The highest BCUT2D eigenvalue weighted by atomic mass is 32.2. The largest absolute Gasteiger partial charge is 0.477 e. The highest BCUT2D eigenvalue weighted by Gasteiger charge is 2.54. The Morgan fingerprint density at radius 1 is 1.50 bits per heavy atom. The molecule has 4 N–H and O–H groups in total. The summed E-state index contributed by atoms with van der Waals surface area (Å²) >= 11 is 2.52. The lowest BCUT2D eigenvalue weighted by Gasteiger charge is -2.49. The van der Waals surface area contributed by atoms with Gasteiger partial charge in [0, 0.05) is 11.1 Å². The number of nitrogen functional groups attached to an aromatic ring is 1. The Balaban J connectivity index is 1.81. The van der Waals surface area contributed by atoms with Crippen molar-refractivity contribution in [1.82, 2.24) is 15.2 Å². The van der Waals surface area contributed by atoms with E-state index in [9.17, 15) is 19.5 Å². The zero-order chi connectivity index (χ0) is 22.0. The summed E-state index contributed by atoms with van der Waals surface area (Å²) in [5.74, 6) is -1.93. The molecule has 3 heterocycles. The Kier molecular flexibility index (Phi) is 6.46. The number of allylic oxidation sites excluding steroid dienone is 2. The van der Waals surface area contributed by atoms with Crippen LogP contribution in [0, 0.1) is 0 Å². The second-order valence-corrected chi connectivity index (χ2v) is 8.70. The Bertz CT molecular complexity index is 968. The summed E-state index contributed by atoms with van der Waals surface area (Å²) in [6.07, 6.45) is 3.12. The molecule has 12 heteroatoms. The average Bonchev–Trinajstić information content (AvgIpc) is 3.11. The molecular weight excluding hydrogens is 430 g/mol. The molecule has 2 amide bonds. The Hall–Kier alpha value is -2.86. The third-order valence-electron chi connectivity index (χ3n) is 4.19.